The van der Waals surface area contributed by atoms with E-state index in [-0.39, 0.29) is 32.7 Å². The summed E-state index contributed by atoms with van der Waals surface area (Å²) in [6.45, 7) is 1.69. The summed E-state index contributed by atoms with van der Waals surface area (Å²) >= 11 is 7.20. The van der Waals surface area contributed by atoms with Gasteiger partial charge in [0.2, 0.25) is 0 Å². The molecule has 1 heterocycles. The molecule has 0 aliphatic carbocycles. The highest BCUT2D eigenvalue weighted by molar-refractivity contribution is 7.94. The Morgan fingerprint density at radius 1 is 1.18 bits per heavy atom. The van der Waals surface area contributed by atoms with E-state index in [4.69, 9.17) is 16.3 Å². The van der Waals surface area contributed by atoms with Gasteiger partial charge in [-0.05, 0) is 42.1 Å². The van der Waals surface area contributed by atoms with Gasteiger partial charge >= 0.3 is 5.97 Å². The smallest absolute Gasteiger partial charge is 0.344 e. The number of carboxylic acid groups (broad SMARTS) is 1. The molecule has 178 valence electrons. The predicted molar refractivity (Wildman–Crippen MR) is 130 cm³/mol. The van der Waals surface area contributed by atoms with Crippen molar-refractivity contribution in [3.63, 3.8) is 0 Å². The van der Waals surface area contributed by atoms with Crippen molar-refractivity contribution in [1.29, 1.82) is 0 Å². The fourth-order valence-corrected chi connectivity index (χ4v) is 5.17. The fraction of sp³-hybridized carbons (Fsp3) is 0.136. The third kappa shape index (κ3) is 6.13. The molecular formula is C22H20ClN3O6S2. The summed E-state index contributed by atoms with van der Waals surface area (Å²) < 4.78 is 33.2. The van der Waals surface area contributed by atoms with E-state index in [1.807, 2.05) is 0 Å². The summed E-state index contributed by atoms with van der Waals surface area (Å²) in [6, 6.07) is 14.0. The van der Waals surface area contributed by atoms with Gasteiger partial charge in [0.15, 0.2) is 6.10 Å². The Kier molecular flexibility index (Phi) is 8.26. The Balaban J connectivity index is 1.79. The number of carbonyl (C=O) groups excluding carboxylic acids is 1. The van der Waals surface area contributed by atoms with E-state index in [1.165, 1.54) is 30.5 Å². The van der Waals surface area contributed by atoms with E-state index in [9.17, 15) is 23.1 Å². The second-order valence-corrected chi connectivity index (χ2v) is 10.1. The summed E-state index contributed by atoms with van der Waals surface area (Å²) in [4.78, 5) is 24.0. The second-order valence-electron chi connectivity index (χ2n) is 6.79. The maximum Gasteiger partial charge on any atom is 0.344 e. The first kappa shape index (κ1) is 25.2. The minimum absolute atomic E-state index is 0.0359. The van der Waals surface area contributed by atoms with Crippen LogP contribution in [0.3, 0.4) is 0 Å². The molecule has 0 bridgehead atoms. The molecule has 1 aromatic heterocycles. The van der Waals surface area contributed by atoms with E-state index in [2.05, 4.69) is 15.2 Å². The number of amides is 1. The molecule has 2 aromatic carbocycles. The zero-order valence-corrected chi connectivity index (χ0v) is 20.2. The van der Waals surface area contributed by atoms with E-state index in [0.717, 1.165) is 11.3 Å². The monoisotopic (exact) mass is 521 g/mol. The molecule has 1 unspecified atom stereocenters. The first-order chi connectivity index (χ1) is 16.2. The Morgan fingerprint density at radius 3 is 2.62 bits per heavy atom. The molecule has 0 aliphatic heterocycles. The predicted octanol–water partition coefficient (Wildman–Crippen LogP) is 4.21. The number of anilines is 1. The van der Waals surface area contributed by atoms with Crippen LogP contribution in [0, 0.1) is 0 Å². The van der Waals surface area contributed by atoms with Gasteiger partial charge in [0.1, 0.15) is 9.96 Å². The zero-order valence-electron chi connectivity index (χ0n) is 17.8. The number of hydrogen-bond donors (Lipinski definition) is 3. The number of halogens is 1. The molecule has 34 heavy (non-hydrogen) atoms. The van der Waals surface area contributed by atoms with Crippen LogP contribution in [0.2, 0.25) is 5.02 Å². The number of rotatable bonds is 10. The molecule has 0 aliphatic rings. The van der Waals surface area contributed by atoms with E-state index < -0.39 is 28.0 Å². The number of carboxylic acids is 1. The topological polar surface area (TPSA) is 134 Å². The zero-order chi connectivity index (χ0) is 24.7. The van der Waals surface area contributed by atoms with Gasteiger partial charge in [-0.1, -0.05) is 42.8 Å². The number of para-hydroxylation sites is 2. The summed E-state index contributed by atoms with van der Waals surface area (Å²) in [5.41, 5.74) is 2.64. The summed E-state index contributed by atoms with van der Waals surface area (Å²) in [6.07, 6.45) is 0.521. The Bertz CT molecular complexity index is 1310. The molecule has 0 radical (unpaired) electrons. The first-order valence-corrected chi connectivity index (χ1v) is 12.6. The van der Waals surface area contributed by atoms with Crippen molar-refractivity contribution in [2.24, 2.45) is 5.10 Å². The molecule has 9 nitrogen and oxygen atoms in total. The molecule has 0 fully saturated rings. The summed E-state index contributed by atoms with van der Waals surface area (Å²) in [5.74, 6) is -1.53. The number of ether oxygens (including phenoxy) is 1. The van der Waals surface area contributed by atoms with Gasteiger partial charge in [-0.3, -0.25) is 9.52 Å². The quantitative estimate of drug-likeness (QED) is 0.270. The summed E-state index contributed by atoms with van der Waals surface area (Å²) in [5, 5.41) is 14.8. The average molecular weight is 522 g/mol. The van der Waals surface area contributed by atoms with Crippen LogP contribution in [0.4, 0.5) is 5.69 Å². The second kappa shape index (κ2) is 11.1. The number of hydrazone groups is 1. The van der Waals surface area contributed by atoms with Crippen molar-refractivity contribution >= 4 is 56.7 Å². The largest absolute Gasteiger partial charge is 0.479 e. The van der Waals surface area contributed by atoms with Gasteiger partial charge in [-0.2, -0.15) is 5.10 Å². The number of nitrogens with one attached hydrogen (secondary N) is 2. The lowest BCUT2D eigenvalue weighted by Crippen LogP contribution is -2.26. The van der Waals surface area contributed by atoms with Crippen LogP contribution in [-0.2, 0) is 14.8 Å². The van der Waals surface area contributed by atoms with Crippen LogP contribution in [0.5, 0.6) is 5.75 Å². The number of carbonyl (C=O) groups is 2. The van der Waals surface area contributed by atoms with Gasteiger partial charge in [-0.25, -0.2) is 18.6 Å². The lowest BCUT2D eigenvalue weighted by molar-refractivity contribution is -0.145. The number of hydrogen-bond acceptors (Lipinski definition) is 7. The number of benzene rings is 2. The van der Waals surface area contributed by atoms with Crippen LogP contribution in [0.25, 0.3) is 0 Å². The standard InChI is InChI=1S/C22H20ClN3O6S2/c1-2-17(22(28)29)32-18-10-4-3-7-14(18)13-24-25-21(27)15-8-5-9-16(23)20(15)26-34(30,31)19-11-6-12-33-19/h3-13,17,26H,2H2,1H3,(H,25,27)(H,28,29). The first-order valence-electron chi connectivity index (χ1n) is 9.89. The van der Waals surface area contributed by atoms with E-state index in [0.29, 0.717) is 5.56 Å². The van der Waals surface area contributed by atoms with Gasteiger partial charge in [0.25, 0.3) is 15.9 Å². The minimum atomic E-state index is -3.94. The van der Waals surface area contributed by atoms with Gasteiger partial charge in [0, 0.05) is 5.56 Å². The molecule has 3 aromatic rings. The number of sulfonamides is 1. The van der Waals surface area contributed by atoms with Crippen LogP contribution in [0.1, 0.15) is 29.3 Å². The molecule has 0 saturated carbocycles. The van der Waals surface area contributed by atoms with Crippen LogP contribution >= 0.6 is 22.9 Å². The summed E-state index contributed by atoms with van der Waals surface area (Å²) in [7, 11) is -3.94. The van der Waals surface area contributed by atoms with Crippen molar-refractivity contribution in [3.05, 3.63) is 76.1 Å². The van der Waals surface area contributed by atoms with Crippen molar-refractivity contribution in [1.82, 2.24) is 5.43 Å². The molecule has 0 saturated heterocycles. The van der Waals surface area contributed by atoms with Crippen molar-refractivity contribution in [3.8, 4) is 5.75 Å². The van der Waals surface area contributed by atoms with Crippen LogP contribution in [-0.4, -0.2) is 37.7 Å². The number of nitrogens with zero attached hydrogens (tertiary/aromatic N) is 1. The number of aliphatic carboxylic acids is 1. The van der Waals surface area contributed by atoms with Crippen LogP contribution in [0.15, 0.2) is 69.3 Å². The Morgan fingerprint density at radius 2 is 1.94 bits per heavy atom. The third-order valence-corrected chi connectivity index (χ3v) is 7.52. The molecule has 1 atom stereocenters. The van der Waals surface area contributed by atoms with Crippen molar-refractivity contribution in [2.75, 3.05) is 4.72 Å². The van der Waals surface area contributed by atoms with Crippen molar-refractivity contribution < 1.29 is 27.9 Å². The van der Waals surface area contributed by atoms with Gasteiger partial charge in [0.05, 0.1) is 22.5 Å². The van der Waals surface area contributed by atoms with Gasteiger partial charge < -0.3 is 9.84 Å². The molecule has 3 rings (SSSR count). The number of thiophene rings is 1. The lowest BCUT2D eigenvalue weighted by Gasteiger charge is -2.15. The van der Waals surface area contributed by atoms with Gasteiger partial charge in [-0.15, -0.1) is 11.3 Å². The SMILES string of the molecule is CCC(Oc1ccccc1C=NNC(=O)c1cccc(Cl)c1NS(=O)(=O)c1cccs1)C(=O)O. The maximum absolute atomic E-state index is 12.8. The molecule has 0 spiro atoms. The molecule has 1 amide bonds. The molecule has 3 N–H and O–H groups in total. The van der Waals surface area contributed by atoms with E-state index >= 15 is 0 Å². The van der Waals surface area contributed by atoms with Crippen molar-refractivity contribution in [2.45, 2.75) is 23.7 Å². The highest BCUT2D eigenvalue weighted by Crippen LogP contribution is 2.29. The maximum atomic E-state index is 12.8. The molecular weight excluding hydrogens is 502 g/mol. The average Bonchev–Trinajstić information content (AvgIpc) is 3.35. The Hall–Kier alpha value is -3.41. The van der Waals surface area contributed by atoms with Crippen LogP contribution < -0.4 is 14.9 Å². The Labute approximate surface area is 205 Å². The highest BCUT2D eigenvalue weighted by Gasteiger charge is 2.22. The fourth-order valence-electron chi connectivity index (χ4n) is 2.79. The lowest BCUT2D eigenvalue weighted by atomic mass is 10.2. The molecule has 12 heteroatoms. The van der Waals surface area contributed by atoms with E-state index in [1.54, 1.807) is 42.6 Å². The normalized spacial score (nSPS) is 12.3. The minimum Gasteiger partial charge on any atom is -0.479 e. The highest BCUT2D eigenvalue weighted by atomic mass is 35.5. The third-order valence-electron chi connectivity index (χ3n) is 4.46.